The van der Waals surface area contributed by atoms with Gasteiger partial charge in [-0.2, -0.15) is 0 Å². The smallest absolute Gasteiger partial charge is 0.160 e. The maximum Gasteiger partial charge on any atom is 0.160 e. The Hall–Kier alpha value is -7.47. The van der Waals surface area contributed by atoms with Crippen LogP contribution in [0.15, 0.2) is 188 Å². The highest BCUT2D eigenvalue weighted by Crippen LogP contribution is 2.62. The quantitative estimate of drug-likeness (QED) is 0.168. The van der Waals surface area contributed by atoms with Crippen LogP contribution in [-0.4, -0.2) is 15.0 Å². The molecule has 0 amide bonds. The normalized spacial score (nSPS) is 13.4. The first-order chi connectivity index (χ1) is 29.2. The second-order valence-electron chi connectivity index (χ2n) is 15.4. The van der Waals surface area contributed by atoms with Gasteiger partial charge in [-0.1, -0.05) is 152 Å². The van der Waals surface area contributed by atoms with E-state index in [1.807, 2.05) is 18.2 Å². The first-order valence-corrected chi connectivity index (χ1v) is 20.7. The molecule has 0 saturated carbocycles. The van der Waals surface area contributed by atoms with Gasteiger partial charge in [-0.05, 0) is 64.0 Å². The van der Waals surface area contributed by atoms with E-state index in [1.54, 1.807) is 11.3 Å². The molecule has 0 unspecified atom stereocenters. The van der Waals surface area contributed by atoms with E-state index in [1.165, 1.54) is 32.3 Å². The van der Waals surface area contributed by atoms with Gasteiger partial charge < -0.3 is 4.74 Å². The Kier molecular flexibility index (Phi) is 6.78. The van der Waals surface area contributed by atoms with E-state index >= 15 is 0 Å². The average Bonchev–Trinajstić information content (AvgIpc) is 3.82. The van der Waals surface area contributed by atoms with Crippen molar-refractivity contribution < 1.29 is 4.74 Å². The van der Waals surface area contributed by atoms with Gasteiger partial charge in [0.05, 0.1) is 32.5 Å². The van der Waals surface area contributed by atoms with E-state index < -0.39 is 5.41 Å². The van der Waals surface area contributed by atoms with Crippen molar-refractivity contribution in [2.45, 2.75) is 5.41 Å². The van der Waals surface area contributed by atoms with Crippen molar-refractivity contribution in [1.82, 2.24) is 15.0 Å². The van der Waals surface area contributed by atoms with Crippen LogP contribution in [0.2, 0.25) is 0 Å². The molecule has 0 radical (unpaired) electrons. The lowest BCUT2D eigenvalue weighted by molar-refractivity contribution is 0.436. The number of para-hydroxylation sites is 3. The van der Waals surface area contributed by atoms with Crippen LogP contribution in [0, 0.1) is 0 Å². The minimum Gasteiger partial charge on any atom is -0.457 e. The number of hydrogen-bond donors (Lipinski definition) is 0. The fraction of sp³-hybridized carbons (Fsp3) is 0.0185. The van der Waals surface area contributed by atoms with Crippen molar-refractivity contribution in [3.8, 4) is 56.5 Å². The molecule has 0 atom stereocenters. The molecule has 8 aromatic carbocycles. The molecule has 0 N–H and O–H groups in total. The predicted molar refractivity (Wildman–Crippen MR) is 241 cm³/mol. The van der Waals surface area contributed by atoms with Crippen LogP contribution >= 0.6 is 11.3 Å². The van der Waals surface area contributed by atoms with Gasteiger partial charge in [-0.15, -0.1) is 11.3 Å². The van der Waals surface area contributed by atoms with Crippen molar-refractivity contribution in [3.05, 3.63) is 210 Å². The van der Waals surface area contributed by atoms with Gasteiger partial charge in [-0.3, -0.25) is 0 Å². The first-order valence-electron chi connectivity index (χ1n) is 19.9. The van der Waals surface area contributed by atoms with Crippen LogP contribution in [0.4, 0.5) is 0 Å². The van der Waals surface area contributed by atoms with Gasteiger partial charge in [0.1, 0.15) is 11.5 Å². The average molecular weight is 770 g/mol. The lowest BCUT2D eigenvalue weighted by atomic mass is 9.66. The summed E-state index contributed by atoms with van der Waals surface area (Å²) in [6.07, 6.45) is 0. The van der Waals surface area contributed by atoms with Crippen LogP contribution in [-0.2, 0) is 5.41 Å². The highest BCUT2D eigenvalue weighted by atomic mass is 32.1. The number of benzene rings is 8. The van der Waals surface area contributed by atoms with Crippen LogP contribution in [0.5, 0.6) is 11.5 Å². The predicted octanol–water partition coefficient (Wildman–Crippen LogP) is 14.0. The summed E-state index contributed by atoms with van der Waals surface area (Å²) in [4.78, 5) is 15.8. The summed E-state index contributed by atoms with van der Waals surface area (Å²) in [5.41, 5.74) is 13.7. The summed E-state index contributed by atoms with van der Waals surface area (Å²) < 4.78 is 8.92. The van der Waals surface area contributed by atoms with Gasteiger partial charge in [0.25, 0.3) is 0 Å². The van der Waals surface area contributed by atoms with Crippen LogP contribution in [0.1, 0.15) is 22.3 Å². The van der Waals surface area contributed by atoms with Crippen LogP contribution < -0.4 is 4.74 Å². The molecule has 0 fully saturated rings. The Labute approximate surface area is 343 Å². The summed E-state index contributed by atoms with van der Waals surface area (Å²) in [6, 6.07) is 67.0. The molecule has 1 aliphatic heterocycles. The summed E-state index contributed by atoms with van der Waals surface area (Å²) in [5.74, 6) is 2.51. The zero-order chi connectivity index (χ0) is 38.7. The SMILES string of the molecule is c1ccc(-c2nc(-c3ccc(-c4nc5ccccc5c5cc6c(cc45)-c4ccccc4C64c5ccccc5Oc5ccccc54)cc3)c3sc4ccccc4c3n2)cc1. The van der Waals surface area contributed by atoms with E-state index in [9.17, 15) is 0 Å². The van der Waals surface area contributed by atoms with Crippen molar-refractivity contribution >= 4 is 53.3 Å². The molecule has 1 spiro atoms. The van der Waals surface area contributed by atoms with E-state index in [0.29, 0.717) is 0 Å². The molecule has 274 valence electrons. The Morgan fingerprint density at radius 1 is 0.407 bits per heavy atom. The molecule has 5 heteroatoms. The number of aromatic nitrogens is 3. The second kappa shape index (κ2) is 12.3. The second-order valence-corrected chi connectivity index (χ2v) is 16.5. The molecular weight excluding hydrogens is 739 g/mol. The molecule has 1 aliphatic carbocycles. The Morgan fingerprint density at radius 3 is 1.81 bits per heavy atom. The van der Waals surface area contributed by atoms with E-state index in [2.05, 4.69) is 170 Å². The molecule has 2 aliphatic rings. The van der Waals surface area contributed by atoms with Gasteiger partial charge >= 0.3 is 0 Å². The van der Waals surface area contributed by atoms with E-state index in [4.69, 9.17) is 19.7 Å². The molecular formula is C54H31N3OS. The van der Waals surface area contributed by atoms with Crippen molar-refractivity contribution in [2.24, 2.45) is 0 Å². The first kappa shape index (κ1) is 32.6. The van der Waals surface area contributed by atoms with Gasteiger partial charge in [0, 0.05) is 48.7 Å². The van der Waals surface area contributed by atoms with Gasteiger partial charge in [0.15, 0.2) is 5.82 Å². The minimum atomic E-state index is -0.550. The van der Waals surface area contributed by atoms with Crippen molar-refractivity contribution in [2.75, 3.05) is 0 Å². The van der Waals surface area contributed by atoms with Gasteiger partial charge in [-0.25, -0.2) is 15.0 Å². The van der Waals surface area contributed by atoms with Gasteiger partial charge in [0.2, 0.25) is 0 Å². The fourth-order valence-corrected chi connectivity index (χ4v) is 11.0. The molecule has 11 aromatic rings. The Balaban J connectivity index is 1.04. The molecule has 0 saturated heterocycles. The van der Waals surface area contributed by atoms with Crippen molar-refractivity contribution in [3.63, 3.8) is 0 Å². The highest BCUT2D eigenvalue weighted by molar-refractivity contribution is 7.26. The fourth-order valence-electron chi connectivity index (χ4n) is 9.80. The van der Waals surface area contributed by atoms with E-state index in [0.717, 1.165) is 88.4 Å². The summed E-state index contributed by atoms with van der Waals surface area (Å²) in [7, 11) is 0. The van der Waals surface area contributed by atoms with Crippen LogP contribution in [0.3, 0.4) is 0 Å². The number of thiophene rings is 1. The zero-order valence-corrected chi connectivity index (χ0v) is 32.4. The molecule has 13 rings (SSSR count). The standard InChI is InChI=1S/C54H31N3OS/c1-2-14-34(15-3-1)53-56-50(52-51(57-53)37-18-6-13-25-48(37)59-52)33-28-26-32(27-29-33)49-40-30-39-35-16-4-7-19-41(35)54(44(39)31-38(40)36-17-5-10-22-45(36)55-49)42-20-8-11-23-46(42)58-47-24-12-9-21-43(47)54/h1-31H. The molecule has 4 heterocycles. The Morgan fingerprint density at radius 2 is 1.03 bits per heavy atom. The largest absolute Gasteiger partial charge is 0.457 e. The summed E-state index contributed by atoms with van der Waals surface area (Å²) >= 11 is 1.75. The minimum absolute atomic E-state index is 0.550. The van der Waals surface area contributed by atoms with Crippen LogP contribution in [0.25, 0.3) is 87.0 Å². The number of hydrogen-bond acceptors (Lipinski definition) is 5. The third kappa shape index (κ3) is 4.56. The third-order valence-corrected chi connectivity index (χ3v) is 13.5. The monoisotopic (exact) mass is 769 g/mol. The molecule has 59 heavy (non-hydrogen) atoms. The lowest BCUT2D eigenvalue weighted by Gasteiger charge is -2.39. The highest BCUT2D eigenvalue weighted by Gasteiger charge is 2.51. The summed E-state index contributed by atoms with van der Waals surface area (Å²) in [6.45, 7) is 0. The molecule has 0 bridgehead atoms. The van der Waals surface area contributed by atoms with E-state index in [-0.39, 0.29) is 0 Å². The third-order valence-electron chi connectivity index (χ3n) is 12.4. The Bertz CT molecular complexity index is 3490. The maximum atomic E-state index is 6.62. The zero-order valence-electron chi connectivity index (χ0n) is 31.6. The summed E-state index contributed by atoms with van der Waals surface area (Å²) in [5, 5.41) is 4.58. The maximum absolute atomic E-state index is 6.62. The lowest BCUT2D eigenvalue weighted by Crippen LogP contribution is -2.32. The molecule has 4 nitrogen and oxygen atoms in total. The number of rotatable bonds is 3. The number of pyridine rings is 1. The topological polar surface area (TPSA) is 47.9 Å². The molecule has 3 aromatic heterocycles. The number of ether oxygens (including phenoxy) is 1. The van der Waals surface area contributed by atoms with Crippen molar-refractivity contribution in [1.29, 1.82) is 0 Å². The number of fused-ring (bicyclic) bond motifs is 15. The number of nitrogens with zero attached hydrogens (tertiary/aromatic N) is 3.